The Morgan fingerprint density at radius 1 is 1.17 bits per heavy atom. The van der Waals surface area contributed by atoms with Gasteiger partial charge in [-0.25, -0.2) is 4.79 Å². The van der Waals surface area contributed by atoms with Gasteiger partial charge in [0.25, 0.3) is 0 Å². The minimum atomic E-state index is -0.324. The number of carbonyl (C=O) groups excluding carboxylic acids is 2. The van der Waals surface area contributed by atoms with Gasteiger partial charge in [0.05, 0.1) is 6.54 Å². The molecule has 4 rings (SSSR count). The van der Waals surface area contributed by atoms with Crippen molar-refractivity contribution in [2.24, 2.45) is 11.7 Å². The molecule has 0 spiro atoms. The van der Waals surface area contributed by atoms with Gasteiger partial charge in [-0.05, 0) is 55.2 Å². The molecule has 3 N–H and O–H groups in total. The Morgan fingerprint density at radius 3 is 2.67 bits per heavy atom. The van der Waals surface area contributed by atoms with Crippen LogP contribution in [0.25, 0.3) is 0 Å². The Hall–Kier alpha value is -2.08. The van der Waals surface area contributed by atoms with Crippen molar-refractivity contribution >= 4 is 23.4 Å². The van der Waals surface area contributed by atoms with Crippen LogP contribution in [0.3, 0.4) is 0 Å². The van der Waals surface area contributed by atoms with Crippen molar-refractivity contribution in [3.05, 3.63) is 23.8 Å². The number of fused-ring (bicyclic) bond motifs is 1. The van der Waals surface area contributed by atoms with Crippen LogP contribution < -0.4 is 16.0 Å². The van der Waals surface area contributed by atoms with Crippen LogP contribution in [0.2, 0.25) is 0 Å². The summed E-state index contributed by atoms with van der Waals surface area (Å²) in [6.45, 7) is 0.961. The molecule has 3 aliphatic rings. The van der Waals surface area contributed by atoms with Gasteiger partial charge < -0.3 is 15.8 Å². The van der Waals surface area contributed by atoms with Gasteiger partial charge in [-0.3, -0.25) is 9.69 Å². The SMILES string of the molecule is NC1CCC([C@H]2CC(=O)Nc3cc(N4CCOC4=O)ccc32)CC1. The van der Waals surface area contributed by atoms with E-state index in [-0.39, 0.29) is 17.9 Å². The highest BCUT2D eigenvalue weighted by molar-refractivity contribution is 5.97. The van der Waals surface area contributed by atoms with E-state index in [1.807, 2.05) is 12.1 Å². The van der Waals surface area contributed by atoms with Crippen LogP contribution in [0.15, 0.2) is 18.2 Å². The quantitative estimate of drug-likeness (QED) is 0.873. The van der Waals surface area contributed by atoms with Crippen LogP contribution >= 0.6 is 0 Å². The second-order valence-corrected chi connectivity index (χ2v) is 7.07. The van der Waals surface area contributed by atoms with Crippen LogP contribution in [0, 0.1) is 5.92 Å². The number of hydrogen-bond acceptors (Lipinski definition) is 4. The summed E-state index contributed by atoms with van der Waals surface area (Å²) in [6.07, 6.45) is 4.45. The summed E-state index contributed by atoms with van der Waals surface area (Å²) in [5.74, 6) is 0.821. The number of hydrogen-bond donors (Lipinski definition) is 2. The Bertz CT molecular complexity index is 667. The summed E-state index contributed by atoms with van der Waals surface area (Å²) in [6, 6.07) is 6.24. The summed E-state index contributed by atoms with van der Waals surface area (Å²) in [5.41, 5.74) is 8.83. The van der Waals surface area contributed by atoms with Gasteiger partial charge in [0.1, 0.15) is 6.61 Å². The average molecular weight is 329 g/mol. The first-order chi connectivity index (χ1) is 11.6. The molecule has 0 unspecified atom stereocenters. The molecule has 1 aliphatic carbocycles. The Labute approximate surface area is 141 Å². The Kier molecular flexibility index (Phi) is 3.92. The number of carbonyl (C=O) groups is 2. The summed E-state index contributed by atoms with van der Waals surface area (Å²) in [5, 5.41) is 2.97. The van der Waals surface area contributed by atoms with Crippen LogP contribution in [-0.4, -0.2) is 31.2 Å². The minimum Gasteiger partial charge on any atom is -0.447 e. The molecule has 2 aliphatic heterocycles. The molecule has 1 atom stereocenters. The van der Waals surface area contributed by atoms with E-state index >= 15 is 0 Å². The van der Waals surface area contributed by atoms with Gasteiger partial charge in [-0.2, -0.15) is 0 Å². The third kappa shape index (κ3) is 2.75. The molecule has 1 aromatic rings. The summed E-state index contributed by atoms with van der Waals surface area (Å²) in [7, 11) is 0. The van der Waals surface area contributed by atoms with E-state index in [2.05, 4.69) is 11.4 Å². The monoisotopic (exact) mass is 329 g/mol. The van der Waals surface area contributed by atoms with E-state index in [4.69, 9.17) is 10.5 Å². The van der Waals surface area contributed by atoms with Crippen LogP contribution in [0.5, 0.6) is 0 Å². The number of nitrogens with two attached hydrogens (primary N) is 1. The lowest BCUT2D eigenvalue weighted by Crippen LogP contribution is -2.33. The molecule has 6 heteroatoms. The fraction of sp³-hybridized carbons (Fsp3) is 0.556. The van der Waals surface area contributed by atoms with E-state index in [0.717, 1.165) is 37.1 Å². The second-order valence-electron chi connectivity index (χ2n) is 7.07. The molecule has 1 aromatic carbocycles. The minimum absolute atomic E-state index is 0.0588. The smallest absolute Gasteiger partial charge is 0.414 e. The van der Waals surface area contributed by atoms with Gasteiger partial charge in [0.15, 0.2) is 0 Å². The summed E-state index contributed by atoms with van der Waals surface area (Å²) >= 11 is 0. The molecule has 2 heterocycles. The highest BCUT2D eigenvalue weighted by atomic mass is 16.6. The molecule has 1 saturated carbocycles. The van der Waals surface area contributed by atoms with Crippen molar-refractivity contribution in [2.45, 2.75) is 44.1 Å². The van der Waals surface area contributed by atoms with Crippen molar-refractivity contribution in [1.82, 2.24) is 0 Å². The molecule has 24 heavy (non-hydrogen) atoms. The zero-order chi connectivity index (χ0) is 16.7. The van der Waals surface area contributed by atoms with E-state index in [1.54, 1.807) is 4.90 Å². The average Bonchev–Trinajstić information content (AvgIpc) is 3.00. The van der Waals surface area contributed by atoms with E-state index in [9.17, 15) is 9.59 Å². The molecule has 0 aromatic heterocycles. The zero-order valence-corrected chi connectivity index (χ0v) is 13.7. The largest absolute Gasteiger partial charge is 0.447 e. The van der Waals surface area contributed by atoms with Crippen molar-refractivity contribution < 1.29 is 14.3 Å². The number of amides is 2. The molecule has 0 bridgehead atoms. The third-order valence-corrected chi connectivity index (χ3v) is 5.57. The molecule has 0 radical (unpaired) electrons. The molecule has 6 nitrogen and oxygen atoms in total. The first-order valence-corrected chi connectivity index (χ1v) is 8.75. The van der Waals surface area contributed by atoms with Crippen molar-refractivity contribution in [3.63, 3.8) is 0 Å². The summed E-state index contributed by atoms with van der Waals surface area (Å²) in [4.78, 5) is 25.6. The van der Waals surface area contributed by atoms with E-state index < -0.39 is 0 Å². The van der Waals surface area contributed by atoms with Crippen molar-refractivity contribution in [3.8, 4) is 0 Å². The third-order valence-electron chi connectivity index (χ3n) is 5.57. The Balaban J connectivity index is 1.62. The maximum Gasteiger partial charge on any atom is 0.414 e. The predicted octanol–water partition coefficient (Wildman–Crippen LogP) is 2.59. The maximum atomic E-state index is 12.2. The number of nitrogens with zero attached hydrogens (tertiary/aromatic N) is 1. The van der Waals surface area contributed by atoms with Gasteiger partial charge in [-0.15, -0.1) is 0 Å². The molecule has 128 valence electrons. The maximum absolute atomic E-state index is 12.2. The second kappa shape index (κ2) is 6.09. The number of anilines is 2. The first-order valence-electron chi connectivity index (χ1n) is 8.75. The molecule has 2 fully saturated rings. The number of cyclic esters (lactones) is 1. The Morgan fingerprint density at radius 2 is 1.96 bits per heavy atom. The lowest BCUT2D eigenvalue weighted by Gasteiger charge is -2.36. The number of nitrogens with one attached hydrogen (secondary N) is 1. The van der Waals surface area contributed by atoms with Gasteiger partial charge in [0.2, 0.25) is 5.91 Å². The molecule has 1 saturated heterocycles. The van der Waals surface area contributed by atoms with Gasteiger partial charge in [-0.1, -0.05) is 6.07 Å². The normalized spacial score (nSPS) is 29.9. The van der Waals surface area contributed by atoms with Crippen LogP contribution in [0.1, 0.15) is 43.6 Å². The highest BCUT2D eigenvalue weighted by Gasteiger charge is 2.34. The lowest BCUT2D eigenvalue weighted by molar-refractivity contribution is -0.117. The van der Waals surface area contributed by atoms with Gasteiger partial charge in [0, 0.05) is 23.8 Å². The summed E-state index contributed by atoms with van der Waals surface area (Å²) < 4.78 is 5.00. The molecule has 2 amide bonds. The van der Waals surface area contributed by atoms with Crippen LogP contribution in [-0.2, 0) is 9.53 Å². The fourth-order valence-electron chi connectivity index (χ4n) is 4.25. The number of benzene rings is 1. The van der Waals surface area contributed by atoms with Gasteiger partial charge >= 0.3 is 6.09 Å². The standard InChI is InChI=1S/C18H23N3O3/c19-12-3-1-11(2-4-12)15-10-17(22)20-16-9-13(5-6-14(15)16)21-7-8-24-18(21)23/h5-6,9,11-12,15H,1-4,7-8,10,19H2,(H,20,22)/t11?,12?,15-/m1/s1. The zero-order valence-electron chi connectivity index (χ0n) is 13.7. The van der Waals surface area contributed by atoms with E-state index in [0.29, 0.717) is 31.5 Å². The van der Waals surface area contributed by atoms with Crippen molar-refractivity contribution in [2.75, 3.05) is 23.4 Å². The molecular weight excluding hydrogens is 306 g/mol. The number of rotatable bonds is 2. The topological polar surface area (TPSA) is 84.7 Å². The highest BCUT2D eigenvalue weighted by Crippen LogP contribution is 2.44. The lowest BCUT2D eigenvalue weighted by atomic mass is 9.72. The fourth-order valence-corrected chi connectivity index (χ4v) is 4.25. The van der Waals surface area contributed by atoms with E-state index in [1.165, 1.54) is 5.56 Å². The number of ether oxygens (including phenoxy) is 1. The first kappa shape index (κ1) is 15.4. The van der Waals surface area contributed by atoms with Crippen molar-refractivity contribution in [1.29, 1.82) is 0 Å². The molecular formula is C18H23N3O3. The van der Waals surface area contributed by atoms with Crippen LogP contribution in [0.4, 0.5) is 16.2 Å². The predicted molar refractivity (Wildman–Crippen MR) is 91.1 cm³/mol.